The highest BCUT2D eigenvalue weighted by atomic mass is 32.2. The van der Waals surface area contributed by atoms with Gasteiger partial charge in [-0.3, -0.25) is 4.21 Å². The third-order valence-corrected chi connectivity index (χ3v) is 6.31. The van der Waals surface area contributed by atoms with Gasteiger partial charge < -0.3 is 10.4 Å². The number of aliphatic hydroxyl groups is 1. The summed E-state index contributed by atoms with van der Waals surface area (Å²) in [6, 6.07) is 2.28. The number of rotatable bonds is 3. The highest BCUT2D eigenvalue weighted by Gasteiger charge is 2.39. The number of nitrogens with zero attached hydrogens (tertiary/aromatic N) is 2. The van der Waals surface area contributed by atoms with Crippen molar-refractivity contribution in [3.8, 4) is 6.07 Å². The Balaban J connectivity index is 2.18. The topological polar surface area (TPSA) is 86.0 Å². The largest absolute Gasteiger partial charge is 0.394 e. The summed E-state index contributed by atoms with van der Waals surface area (Å²) < 4.78 is 12.5. The van der Waals surface area contributed by atoms with Gasteiger partial charge in [0.15, 0.2) is 0 Å². The third-order valence-electron chi connectivity index (χ3n) is 4.84. The van der Waals surface area contributed by atoms with Crippen LogP contribution in [0.3, 0.4) is 0 Å². The van der Waals surface area contributed by atoms with Gasteiger partial charge in [-0.15, -0.1) is 0 Å². The first-order valence-electron chi connectivity index (χ1n) is 8.06. The van der Waals surface area contributed by atoms with Crippen LogP contribution in [0.1, 0.15) is 56.9 Å². The van der Waals surface area contributed by atoms with Crippen LogP contribution in [0.2, 0.25) is 0 Å². The van der Waals surface area contributed by atoms with Gasteiger partial charge in [-0.2, -0.15) is 5.26 Å². The van der Waals surface area contributed by atoms with Gasteiger partial charge in [0, 0.05) is 11.2 Å². The van der Waals surface area contributed by atoms with Gasteiger partial charge >= 0.3 is 0 Å². The van der Waals surface area contributed by atoms with Crippen LogP contribution in [0.15, 0.2) is 4.90 Å². The van der Waals surface area contributed by atoms with E-state index in [1.807, 2.05) is 20.8 Å². The van der Waals surface area contributed by atoms with E-state index in [2.05, 4.69) is 11.4 Å². The predicted molar refractivity (Wildman–Crippen MR) is 89.9 cm³/mol. The van der Waals surface area contributed by atoms with Crippen molar-refractivity contribution in [3.05, 3.63) is 16.8 Å². The normalized spacial score (nSPS) is 22.1. The van der Waals surface area contributed by atoms with E-state index in [4.69, 9.17) is 4.98 Å². The number of hydrogen-bond acceptors (Lipinski definition) is 5. The van der Waals surface area contributed by atoms with Crippen molar-refractivity contribution >= 4 is 16.6 Å². The maximum atomic E-state index is 12.5. The fraction of sp³-hybridized carbons (Fsp3) is 0.647. The number of pyridine rings is 1. The molecule has 5 nitrogen and oxygen atoms in total. The molecule has 1 aromatic heterocycles. The summed E-state index contributed by atoms with van der Waals surface area (Å²) in [4.78, 5) is 5.39. The highest BCUT2D eigenvalue weighted by Crippen LogP contribution is 2.41. The number of nitriles is 1. The van der Waals surface area contributed by atoms with E-state index in [1.54, 1.807) is 0 Å². The lowest BCUT2D eigenvalue weighted by Gasteiger charge is -2.42. The molecule has 1 unspecified atom stereocenters. The molecule has 23 heavy (non-hydrogen) atoms. The number of aromatic nitrogens is 1. The molecule has 1 fully saturated rings. The Morgan fingerprint density at radius 2 is 2.13 bits per heavy atom. The second-order valence-corrected chi connectivity index (χ2v) is 9.08. The molecule has 0 amide bonds. The molecule has 2 aliphatic rings. The Hall–Kier alpha value is -1.45. The van der Waals surface area contributed by atoms with Crippen LogP contribution in [0.4, 0.5) is 5.82 Å². The summed E-state index contributed by atoms with van der Waals surface area (Å²) in [7, 11) is -1.13. The molecule has 1 aromatic rings. The zero-order valence-electron chi connectivity index (χ0n) is 13.9. The Labute approximate surface area is 139 Å². The minimum absolute atomic E-state index is 0.0426. The SMILES string of the molecule is CC(C)(C)c1nc(NC2(CO)CCC2)c2c(c1C#N)CCS2=O. The molecule has 1 saturated carbocycles. The smallest absolute Gasteiger partial charge is 0.143 e. The van der Waals surface area contributed by atoms with Crippen LogP contribution >= 0.6 is 0 Å². The zero-order valence-corrected chi connectivity index (χ0v) is 14.7. The van der Waals surface area contributed by atoms with Crippen LogP contribution in [0, 0.1) is 11.3 Å². The van der Waals surface area contributed by atoms with Crippen molar-refractivity contribution in [3.63, 3.8) is 0 Å². The molecule has 2 N–H and O–H groups in total. The molecule has 1 atom stereocenters. The Bertz CT molecular complexity index is 707. The maximum absolute atomic E-state index is 12.5. The molecule has 2 heterocycles. The lowest BCUT2D eigenvalue weighted by molar-refractivity contribution is 0.143. The number of fused-ring (bicyclic) bond motifs is 1. The summed E-state index contributed by atoms with van der Waals surface area (Å²) in [5, 5.41) is 22.7. The monoisotopic (exact) mass is 333 g/mol. The predicted octanol–water partition coefficient (Wildman–Crippen LogP) is 2.24. The van der Waals surface area contributed by atoms with Crippen LogP contribution in [-0.2, 0) is 22.6 Å². The molecular formula is C17H23N3O2S. The van der Waals surface area contributed by atoms with Gasteiger partial charge in [0.1, 0.15) is 11.9 Å². The molecule has 0 aromatic carbocycles. The fourth-order valence-electron chi connectivity index (χ4n) is 3.32. The van der Waals surface area contributed by atoms with Gasteiger partial charge in [-0.05, 0) is 31.2 Å². The first kappa shape index (κ1) is 16.4. The van der Waals surface area contributed by atoms with Gasteiger partial charge in [0.25, 0.3) is 0 Å². The second kappa shape index (κ2) is 5.57. The number of hydrogen-bond donors (Lipinski definition) is 2. The van der Waals surface area contributed by atoms with Crippen LogP contribution in [0.5, 0.6) is 0 Å². The molecular weight excluding hydrogens is 310 g/mol. The van der Waals surface area contributed by atoms with Gasteiger partial charge in [-0.1, -0.05) is 20.8 Å². The van der Waals surface area contributed by atoms with E-state index in [1.165, 1.54) is 0 Å². The Kier molecular flexibility index (Phi) is 3.97. The molecule has 1 aliphatic heterocycles. The molecule has 0 radical (unpaired) electrons. The summed E-state index contributed by atoms with van der Waals surface area (Å²) >= 11 is 0. The van der Waals surface area contributed by atoms with Crippen molar-refractivity contribution < 1.29 is 9.32 Å². The van der Waals surface area contributed by atoms with E-state index in [-0.39, 0.29) is 17.6 Å². The average Bonchev–Trinajstić information content (AvgIpc) is 2.84. The standard InChI is InChI=1S/C17H23N3O2S/c1-16(2,3)14-12(9-18)11-5-8-23(22)13(11)15(19-14)20-17(10-21)6-4-7-17/h21H,4-8,10H2,1-3H3,(H,19,20). The third kappa shape index (κ3) is 2.66. The van der Waals surface area contributed by atoms with E-state index >= 15 is 0 Å². The number of aliphatic hydroxyl groups excluding tert-OH is 1. The average molecular weight is 333 g/mol. The van der Waals surface area contributed by atoms with E-state index in [0.29, 0.717) is 28.5 Å². The molecule has 0 saturated heterocycles. The highest BCUT2D eigenvalue weighted by molar-refractivity contribution is 7.85. The van der Waals surface area contributed by atoms with Crippen molar-refractivity contribution in [2.75, 3.05) is 17.7 Å². The Morgan fingerprint density at radius 3 is 2.61 bits per heavy atom. The van der Waals surface area contributed by atoms with Crippen molar-refractivity contribution in [1.29, 1.82) is 5.26 Å². The fourth-order valence-corrected chi connectivity index (χ4v) is 4.71. The molecule has 0 bridgehead atoms. The minimum atomic E-state index is -1.13. The number of anilines is 1. The van der Waals surface area contributed by atoms with Crippen molar-refractivity contribution in [1.82, 2.24) is 4.98 Å². The lowest BCUT2D eigenvalue weighted by Crippen LogP contribution is -2.48. The summed E-state index contributed by atoms with van der Waals surface area (Å²) in [6.45, 7) is 6.14. The van der Waals surface area contributed by atoms with Gasteiger partial charge in [-0.25, -0.2) is 4.98 Å². The van der Waals surface area contributed by atoms with E-state index in [0.717, 1.165) is 30.5 Å². The summed E-state index contributed by atoms with van der Waals surface area (Å²) in [5.74, 6) is 1.15. The van der Waals surface area contributed by atoms with E-state index in [9.17, 15) is 14.6 Å². The molecule has 124 valence electrons. The van der Waals surface area contributed by atoms with Crippen LogP contribution in [0.25, 0.3) is 0 Å². The Morgan fingerprint density at radius 1 is 1.43 bits per heavy atom. The maximum Gasteiger partial charge on any atom is 0.143 e. The molecule has 0 spiro atoms. The molecule has 1 aliphatic carbocycles. The van der Waals surface area contributed by atoms with Crippen LogP contribution in [-0.4, -0.2) is 32.2 Å². The lowest BCUT2D eigenvalue weighted by atomic mass is 9.77. The van der Waals surface area contributed by atoms with Gasteiger partial charge in [0.2, 0.25) is 0 Å². The minimum Gasteiger partial charge on any atom is -0.394 e. The van der Waals surface area contributed by atoms with Crippen molar-refractivity contribution in [2.45, 2.75) is 62.3 Å². The summed E-state index contributed by atoms with van der Waals surface area (Å²) in [6.07, 6.45) is 3.49. The quantitative estimate of drug-likeness (QED) is 0.886. The molecule has 3 rings (SSSR count). The first-order valence-corrected chi connectivity index (χ1v) is 9.38. The summed E-state index contributed by atoms with van der Waals surface area (Å²) in [5.41, 5.74) is 1.58. The number of nitrogens with one attached hydrogen (secondary N) is 1. The zero-order chi connectivity index (χ0) is 16.8. The van der Waals surface area contributed by atoms with Crippen molar-refractivity contribution in [2.24, 2.45) is 0 Å². The van der Waals surface area contributed by atoms with Gasteiger partial charge in [0.05, 0.1) is 39.1 Å². The second-order valence-electron chi connectivity index (χ2n) is 7.57. The first-order chi connectivity index (χ1) is 10.8. The molecule has 6 heteroatoms. The van der Waals surface area contributed by atoms with Crippen LogP contribution < -0.4 is 5.32 Å². The van der Waals surface area contributed by atoms with E-state index < -0.39 is 10.8 Å².